The molecule has 1 aliphatic carbocycles. The van der Waals surface area contributed by atoms with Crippen LogP contribution in [0.2, 0.25) is 0 Å². The summed E-state index contributed by atoms with van der Waals surface area (Å²) in [5.41, 5.74) is 8.53. The van der Waals surface area contributed by atoms with E-state index in [0.29, 0.717) is 6.54 Å². The Morgan fingerprint density at radius 2 is 1.84 bits per heavy atom. The van der Waals surface area contributed by atoms with E-state index in [0.717, 1.165) is 18.5 Å². The molecule has 2 nitrogen and oxygen atoms in total. The van der Waals surface area contributed by atoms with E-state index >= 15 is 0 Å². The zero-order chi connectivity index (χ0) is 13.7. The lowest BCUT2D eigenvalue weighted by molar-refractivity contribution is 0.120. The molecule has 0 amide bonds. The van der Waals surface area contributed by atoms with Crippen molar-refractivity contribution in [2.24, 2.45) is 11.7 Å². The Bertz CT molecular complexity index is 389. The van der Waals surface area contributed by atoms with Crippen molar-refractivity contribution < 1.29 is 0 Å². The predicted molar refractivity (Wildman–Crippen MR) is 81.8 cm³/mol. The van der Waals surface area contributed by atoms with E-state index in [1.807, 2.05) is 0 Å². The zero-order valence-corrected chi connectivity index (χ0v) is 12.4. The van der Waals surface area contributed by atoms with Crippen molar-refractivity contribution in [1.82, 2.24) is 4.90 Å². The molecule has 1 fully saturated rings. The molecule has 1 aromatic carbocycles. The fourth-order valence-electron chi connectivity index (χ4n) is 3.54. The van der Waals surface area contributed by atoms with Gasteiger partial charge in [0.2, 0.25) is 0 Å². The SMILES string of the molecule is CCC1CCCCC1N(C)Cc1ccccc1CN. The first kappa shape index (κ1) is 14.5. The molecule has 2 unspecified atom stereocenters. The second kappa shape index (κ2) is 7.06. The van der Waals surface area contributed by atoms with E-state index in [1.54, 1.807) is 0 Å². The highest BCUT2D eigenvalue weighted by Crippen LogP contribution is 2.31. The maximum Gasteiger partial charge on any atom is 0.0236 e. The van der Waals surface area contributed by atoms with Gasteiger partial charge in [-0.05, 0) is 36.9 Å². The summed E-state index contributed by atoms with van der Waals surface area (Å²) >= 11 is 0. The molecule has 1 aliphatic rings. The van der Waals surface area contributed by atoms with Crippen LogP contribution in [0, 0.1) is 5.92 Å². The van der Waals surface area contributed by atoms with Gasteiger partial charge in [0, 0.05) is 19.1 Å². The molecule has 2 rings (SSSR count). The Kier molecular flexibility index (Phi) is 5.41. The average molecular weight is 260 g/mol. The van der Waals surface area contributed by atoms with Gasteiger partial charge in [0.25, 0.3) is 0 Å². The van der Waals surface area contributed by atoms with Gasteiger partial charge in [-0.25, -0.2) is 0 Å². The summed E-state index contributed by atoms with van der Waals surface area (Å²) in [4.78, 5) is 2.56. The summed E-state index contributed by atoms with van der Waals surface area (Å²) in [6.07, 6.45) is 6.89. The lowest BCUT2D eigenvalue weighted by atomic mass is 9.82. The largest absolute Gasteiger partial charge is 0.326 e. The van der Waals surface area contributed by atoms with Crippen LogP contribution in [0.5, 0.6) is 0 Å². The molecule has 0 radical (unpaired) electrons. The zero-order valence-electron chi connectivity index (χ0n) is 12.4. The van der Waals surface area contributed by atoms with E-state index in [2.05, 4.69) is 43.1 Å². The highest BCUT2D eigenvalue weighted by Gasteiger charge is 2.27. The van der Waals surface area contributed by atoms with Gasteiger partial charge in [-0.2, -0.15) is 0 Å². The van der Waals surface area contributed by atoms with Crippen LogP contribution in [0.4, 0.5) is 0 Å². The number of benzene rings is 1. The van der Waals surface area contributed by atoms with Crippen LogP contribution in [0.1, 0.15) is 50.2 Å². The first-order chi connectivity index (χ1) is 9.26. The normalized spacial score (nSPS) is 23.8. The third-order valence-electron chi connectivity index (χ3n) is 4.72. The van der Waals surface area contributed by atoms with Crippen molar-refractivity contribution in [3.8, 4) is 0 Å². The predicted octanol–water partition coefficient (Wildman–Crippen LogP) is 3.55. The highest BCUT2D eigenvalue weighted by atomic mass is 15.1. The van der Waals surface area contributed by atoms with Crippen LogP contribution in [0.3, 0.4) is 0 Å². The van der Waals surface area contributed by atoms with Crippen molar-refractivity contribution in [2.75, 3.05) is 7.05 Å². The van der Waals surface area contributed by atoms with Gasteiger partial charge in [0.15, 0.2) is 0 Å². The number of hydrogen-bond donors (Lipinski definition) is 1. The molecule has 0 bridgehead atoms. The Morgan fingerprint density at radius 1 is 1.16 bits per heavy atom. The lowest BCUT2D eigenvalue weighted by Gasteiger charge is -2.38. The molecular formula is C17H28N2. The molecule has 0 heterocycles. The monoisotopic (exact) mass is 260 g/mol. The minimum absolute atomic E-state index is 0.645. The second-order valence-electron chi connectivity index (χ2n) is 5.91. The number of rotatable bonds is 5. The van der Waals surface area contributed by atoms with Gasteiger partial charge >= 0.3 is 0 Å². The Hall–Kier alpha value is -0.860. The van der Waals surface area contributed by atoms with Gasteiger partial charge in [0.05, 0.1) is 0 Å². The second-order valence-corrected chi connectivity index (χ2v) is 5.91. The Labute approximate surface area is 118 Å². The summed E-state index contributed by atoms with van der Waals surface area (Å²) < 4.78 is 0. The minimum Gasteiger partial charge on any atom is -0.326 e. The van der Waals surface area contributed by atoms with Crippen LogP contribution in [0.25, 0.3) is 0 Å². The van der Waals surface area contributed by atoms with Crippen LogP contribution in [-0.4, -0.2) is 18.0 Å². The van der Waals surface area contributed by atoms with Gasteiger partial charge < -0.3 is 5.73 Å². The van der Waals surface area contributed by atoms with E-state index < -0.39 is 0 Å². The smallest absolute Gasteiger partial charge is 0.0236 e. The first-order valence-corrected chi connectivity index (χ1v) is 7.73. The van der Waals surface area contributed by atoms with Gasteiger partial charge in [-0.15, -0.1) is 0 Å². The third-order valence-corrected chi connectivity index (χ3v) is 4.72. The van der Waals surface area contributed by atoms with Gasteiger partial charge in [-0.3, -0.25) is 4.90 Å². The van der Waals surface area contributed by atoms with E-state index in [9.17, 15) is 0 Å². The molecule has 0 saturated heterocycles. The van der Waals surface area contributed by atoms with Crippen molar-refractivity contribution in [3.63, 3.8) is 0 Å². The molecule has 2 heteroatoms. The molecule has 106 valence electrons. The fraction of sp³-hybridized carbons (Fsp3) is 0.647. The topological polar surface area (TPSA) is 29.3 Å². The number of hydrogen-bond acceptors (Lipinski definition) is 2. The molecule has 2 atom stereocenters. The van der Waals surface area contributed by atoms with Crippen LogP contribution >= 0.6 is 0 Å². The van der Waals surface area contributed by atoms with Gasteiger partial charge in [-0.1, -0.05) is 50.5 Å². The summed E-state index contributed by atoms with van der Waals surface area (Å²) in [6, 6.07) is 9.34. The van der Waals surface area contributed by atoms with Crippen LogP contribution in [0.15, 0.2) is 24.3 Å². The van der Waals surface area contributed by atoms with Gasteiger partial charge in [0.1, 0.15) is 0 Å². The van der Waals surface area contributed by atoms with Crippen molar-refractivity contribution in [3.05, 3.63) is 35.4 Å². The van der Waals surface area contributed by atoms with Crippen molar-refractivity contribution in [2.45, 2.75) is 58.2 Å². The summed E-state index contributed by atoms with van der Waals surface area (Å²) in [5, 5.41) is 0. The fourth-order valence-corrected chi connectivity index (χ4v) is 3.54. The third kappa shape index (κ3) is 3.58. The molecule has 1 aromatic rings. The van der Waals surface area contributed by atoms with Crippen LogP contribution in [-0.2, 0) is 13.1 Å². The van der Waals surface area contributed by atoms with Crippen molar-refractivity contribution in [1.29, 1.82) is 0 Å². The molecule has 0 aliphatic heterocycles. The van der Waals surface area contributed by atoms with E-state index in [-0.39, 0.29) is 0 Å². The molecule has 19 heavy (non-hydrogen) atoms. The van der Waals surface area contributed by atoms with E-state index in [4.69, 9.17) is 5.73 Å². The maximum atomic E-state index is 5.84. The number of nitrogens with two attached hydrogens (primary N) is 1. The Morgan fingerprint density at radius 3 is 2.53 bits per heavy atom. The summed E-state index contributed by atoms with van der Waals surface area (Å²) in [6.45, 7) is 4.02. The summed E-state index contributed by atoms with van der Waals surface area (Å²) in [7, 11) is 2.28. The van der Waals surface area contributed by atoms with Crippen LogP contribution < -0.4 is 5.73 Å². The molecule has 1 saturated carbocycles. The minimum atomic E-state index is 0.645. The molecule has 2 N–H and O–H groups in total. The maximum absolute atomic E-state index is 5.84. The molecule has 0 aromatic heterocycles. The Balaban J connectivity index is 2.05. The molecule has 0 spiro atoms. The standard InChI is InChI=1S/C17H28N2/c1-3-14-8-6-7-11-17(14)19(2)13-16-10-5-4-9-15(16)12-18/h4-5,9-10,14,17H,3,6-8,11-13,18H2,1-2H3. The van der Waals surface area contributed by atoms with Crippen molar-refractivity contribution >= 4 is 0 Å². The number of nitrogens with zero attached hydrogens (tertiary/aromatic N) is 1. The first-order valence-electron chi connectivity index (χ1n) is 7.73. The highest BCUT2D eigenvalue weighted by molar-refractivity contribution is 5.26. The molecular weight excluding hydrogens is 232 g/mol. The average Bonchev–Trinajstić information content (AvgIpc) is 2.47. The lowest BCUT2D eigenvalue weighted by Crippen LogP contribution is -2.39. The quantitative estimate of drug-likeness (QED) is 0.877. The van der Waals surface area contributed by atoms with E-state index in [1.165, 1.54) is 43.2 Å². The summed E-state index contributed by atoms with van der Waals surface area (Å²) in [5.74, 6) is 0.879.